The summed E-state index contributed by atoms with van der Waals surface area (Å²) in [7, 11) is 0. The van der Waals surface area contributed by atoms with Gasteiger partial charge in [-0.2, -0.15) is 0 Å². The van der Waals surface area contributed by atoms with Crippen LogP contribution in [0.1, 0.15) is 45.2 Å². The van der Waals surface area contributed by atoms with Gasteiger partial charge in [-0.1, -0.05) is 35.9 Å². The Bertz CT molecular complexity index is 842. The van der Waals surface area contributed by atoms with Crippen LogP contribution in [0, 0.1) is 6.92 Å². The van der Waals surface area contributed by atoms with Gasteiger partial charge in [0.15, 0.2) is 0 Å². The molecule has 0 aliphatic carbocycles. The van der Waals surface area contributed by atoms with E-state index < -0.39 is 5.60 Å². The smallest absolute Gasteiger partial charge is 0.334 e. The van der Waals surface area contributed by atoms with Crippen molar-refractivity contribution in [3.8, 4) is 11.1 Å². The Hall–Kier alpha value is -2.55. The van der Waals surface area contributed by atoms with Gasteiger partial charge in [0.05, 0.1) is 0 Å². The van der Waals surface area contributed by atoms with Gasteiger partial charge in [-0.25, -0.2) is 4.79 Å². The monoisotopic (exact) mass is 349 g/mol. The second kappa shape index (κ2) is 6.99. The van der Waals surface area contributed by atoms with Crippen LogP contribution in [0.4, 0.5) is 5.69 Å². The van der Waals surface area contributed by atoms with Crippen LogP contribution in [-0.4, -0.2) is 17.6 Å². The minimum Gasteiger partial charge on any atom is -0.457 e. The molecule has 136 valence electrons. The van der Waals surface area contributed by atoms with E-state index in [1.807, 2.05) is 26.8 Å². The summed E-state index contributed by atoms with van der Waals surface area (Å²) < 4.78 is 5.59. The molecule has 26 heavy (non-hydrogen) atoms. The number of benzene rings is 2. The third kappa shape index (κ3) is 4.34. The van der Waals surface area contributed by atoms with Crippen molar-refractivity contribution in [2.45, 2.75) is 52.7 Å². The minimum absolute atomic E-state index is 0.167. The molecule has 0 fully saturated rings. The topological polar surface area (TPSA) is 38.3 Å². The number of carbonyl (C=O) groups is 1. The van der Waals surface area contributed by atoms with Crippen molar-refractivity contribution < 1.29 is 9.53 Å². The van der Waals surface area contributed by atoms with Crippen molar-refractivity contribution in [1.82, 2.24) is 0 Å². The Morgan fingerprint density at radius 2 is 1.73 bits per heavy atom. The van der Waals surface area contributed by atoms with E-state index in [4.69, 9.17) is 4.74 Å². The molecule has 1 N–H and O–H groups in total. The first-order valence-electron chi connectivity index (χ1n) is 9.13. The zero-order chi connectivity index (χ0) is 18.9. The number of hydrogen-bond acceptors (Lipinski definition) is 3. The molecule has 2 aromatic carbocycles. The van der Waals surface area contributed by atoms with Crippen LogP contribution in [0.2, 0.25) is 0 Å². The predicted molar refractivity (Wildman–Crippen MR) is 108 cm³/mol. The number of fused-ring (bicyclic) bond motifs is 1. The molecule has 1 aliphatic rings. The maximum Gasteiger partial charge on any atom is 0.334 e. The van der Waals surface area contributed by atoms with Crippen LogP contribution in [0.3, 0.4) is 0 Å². The SMILES string of the molecule is Cc1ccc(-c2ccc3c(c2)C=C(C(=O)OC(C)(C)C)CC(C)N3)cc1. The average molecular weight is 349 g/mol. The molecule has 3 heteroatoms. The van der Waals surface area contributed by atoms with Gasteiger partial charge in [-0.15, -0.1) is 0 Å². The summed E-state index contributed by atoms with van der Waals surface area (Å²) in [6.45, 7) is 9.86. The number of hydrogen-bond donors (Lipinski definition) is 1. The van der Waals surface area contributed by atoms with E-state index in [0.717, 1.165) is 16.8 Å². The Morgan fingerprint density at radius 1 is 1.08 bits per heavy atom. The number of nitrogens with one attached hydrogen (secondary N) is 1. The molecule has 3 nitrogen and oxygen atoms in total. The Kier molecular flexibility index (Phi) is 4.90. The van der Waals surface area contributed by atoms with Crippen LogP contribution in [0.25, 0.3) is 17.2 Å². The molecule has 0 radical (unpaired) electrons. The van der Waals surface area contributed by atoms with Crippen LogP contribution in [0.5, 0.6) is 0 Å². The minimum atomic E-state index is -0.493. The normalized spacial score (nSPS) is 16.8. The highest BCUT2D eigenvalue weighted by Gasteiger charge is 2.24. The van der Waals surface area contributed by atoms with Gasteiger partial charge in [0.2, 0.25) is 0 Å². The second-order valence-corrected chi connectivity index (χ2v) is 8.09. The van der Waals surface area contributed by atoms with Crippen molar-refractivity contribution >= 4 is 17.7 Å². The lowest BCUT2D eigenvalue weighted by molar-refractivity contribution is -0.149. The Balaban J connectivity index is 1.99. The van der Waals surface area contributed by atoms with Crippen LogP contribution >= 0.6 is 0 Å². The molecular weight excluding hydrogens is 322 g/mol. The number of carbonyl (C=O) groups excluding carboxylic acids is 1. The standard InChI is InChI=1S/C23H27NO2/c1-15-6-8-17(9-7-15)18-10-11-21-19(13-18)14-20(12-16(2)24-21)22(25)26-23(3,4)5/h6-11,13-14,16,24H,12H2,1-5H3. The summed E-state index contributed by atoms with van der Waals surface area (Å²) in [4.78, 5) is 12.6. The van der Waals surface area contributed by atoms with E-state index in [9.17, 15) is 4.79 Å². The third-order valence-electron chi connectivity index (χ3n) is 4.36. The van der Waals surface area contributed by atoms with Gasteiger partial charge in [0, 0.05) is 17.3 Å². The lowest BCUT2D eigenvalue weighted by Crippen LogP contribution is -2.26. The van der Waals surface area contributed by atoms with Crippen LogP contribution in [0.15, 0.2) is 48.0 Å². The van der Waals surface area contributed by atoms with Crippen LogP contribution < -0.4 is 5.32 Å². The summed E-state index contributed by atoms with van der Waals surface area (Å²) in [6, 6.07) is 15.0. The number of rotatable bonds is 2. The first-order valence-corrected chi connectivity index (χ1v) is 9.13. The fourth-order valence-electron chi connectivity index (χ4n) is 3.12. The van der Waals surface area contributed by atoms with Crippen molar-refractivity contribution in [3.05, 3.63) is 59.2 Å². The summed E-state index contributed by atoms with van der Waals surface area (Å²) in [5.41, 5.74) is 5.84. The molecule has 2 aromatic rings. The highest BCUT2D eigenvalue weighted by atomic mass is 16.6. The molecule has 0 bridgehead atoms. The number of ether oxygens (including phenoxy) is 1. The van der Waals surface area contributed by atoms with E-state index in [0.29, 0.717) is 12.0 Å². The van der Waals surface area contributed by atoms with E-state index in [1.165, 1.54) is 11.1 Å². The fourth-order valence-corrected chi connectivity index (χ4v) is 3.12. The van der Waals surface area contributed by atoms with E-state index >= 15 is 0 Å². The Labute approximate surface area is 156 Å². The molecule has 0 saturated carbocycles. The van der Waals surface area contributed by atoms with Crippen molar-refractivity contribution in [3.63, 3.8) is 0 Å². The van der Waals surface area contributed by atoms with Gasteiger partial charge in [-0.05, 0) is 75.9 Å². The highest BCUT2D eigenvalue weighted by Crippen LogP contribution is 2.31. The number of anilines is 1. The average Bonchev–Trinajstić information content (AvgIpc) is 2.71. The number of esters is 1. The van der Waals surface area contributed by atoms with E-state index in [1.54, 1.807) is 0 Å². The van der Waals surface area contributed by atoms with Crippen LogP contribution in [-0.2, 0) is 9.53 Å². The van der Waals surface area contributed by atoms with E-state index in [-0.39, 0.29) is 12.0 Å². The molecule has 3 rings (SSSR count). The van der Waals surface area contributed by atoms with Crippen molar-refractivity contribution in [1.29, 1.82) is 0 Å². The van der Waals surface area contributed by atoms with Gasteiger partial charge in [-0.3, -0.25) is 0 Å². The lowest BCUT2D eigenvalue weighted by atomic mass is 9.99. The van der Waals surface area contributed by atoms with Crippen molar-refractivity contribution in [2.75, 3.05) is 5.32 Å². The summed E-state index contributed by atoms with van der Waals surface area (Å²) >= 11 is 0. The molecule has 1 heterocycles. The molecule has 0 aromatic heterocycles. The quantitative estimate of drug-likeness (QED) is 0.718. The summed E-state index contributed by atoms with van der Waals surface area (Å²) in [5.74, 6) is -0.236. The zero-order valence-electron chi connectivity index (χ0n) is 16.2. The zero-order valence-corrected chi connectivity index (χ0v) is 16.2. The number of aryl methyl sites for hydroxylation is 1. The molecule has 0 spiro atoms. The summed E-state index contributed by atoms with van der Waals surface area (Å²) in [6.07, 6.45) is 2.61. The Morgan fingerprint density at radius 3 is 2.38 bits per heavy atom. The maximum atomic E-state index is 12.6. The van der Waals surface area contributed by atoms with Gasteiger partial charge in [0.25, 0.3) is 0 Å². The van der Waals surface area contributed by atoms with Crippen molar-refractivity contribution in [2.24, 2.45) is 0 Å². The second-order valence-electron chi connectivity index (χ2n) is 8.09. The predicted octanol–water partition coefficient (Wildman–Crippen LogP) is 5.59. The maximum absolute atomic E-state index is 12.6. The molecule has 0 amide bonds. The molecule has 0 saturated heterocycles. The fraction of sp³-hybridized carbons (Fsp3) is 0.348. The first-order chi connectivity index (χ1) is 12.2. The van der Waals surface area contributed by atoms with Gasteiger partial charge < -0.3 is 10.1 Å². The molecule has 1 unspecified atom stereocenters. The lowest BCUT2D eigenvalue weighted by Gasteiger charge is -2.21. The molecule has 1 aliphatic heterocycles. The molecule has 1 atom stereocenters. The highest BCUT2D eigenvalue weighted by molar-refractivity contribution is 5.96. The van der Waals surface area contributed by atoms with Gasteiger partial charge >= 0.3 is 5.97 Å². The third-order valence-corrected chi connectivity index (χ3v) is 4.36. The van der Waals surface area contributed by atoms with E-state index in [2.05, 4.69) is 61.6 Å². The first kappa shape index (κ1) is 18.2. The van der Waals surface area contributed by atoms with Gasteiger partial charge in [0.1, 0.15) is 5.60 Å². The largest absolute Gasteiger partial charge is 0.457 e. The molecular formula is C23H27NO2. The summed E-state index contributed by atoms with van der Waals surface area (Å²) in [5, 5.41) is 3.50.